The van der Waals surface area contributed by atoms with Crippen LogP contribution < -0.4 is 4.74 Å². The van der Waals surface area contributed by atoms with Crippen LogP contribution in [0.2, 0.25) is 0 Å². The first kappa shape index (κ1) is 37.9. The van der Waals surface area contributed by atoms with E-state index < -0.39 is 0 Å². The van der Waals surface area contributed by atoms with E-state index in [9.17, 15) is 9.59 Å². The Morgan fingerprint density at radius 3 is 1.73 bits per heavy atom. The van der Waals surface area contributed by atoms with Crippen molar-refractivity contribution in [3.63, 3.8) is 0 Å². The maximum absolute atomic E-state index is 11.2. The molecule has 0 radical (unpaired) electrons. The van der Waals surface area contributed by atoms with Gasteiger partial charge in [0.2, 0.25) is 5.88 Å². The van der Waals surface area contributed by atoms with Crippen LogP contribution in [-0.4, -0.2) is 33.4 Å². The van der Waals surface area contributed by atoms with Gasteiger partial charge in [-0.15, -0.1) is 22.7 Å². The molecule has 8 heteroatoms. The number of hydrogen-bond acceptors (Lipinski definition) is 8. The van der Waals surface area contributed by atoms with E-state index in [0.717, 1.165) is 26.5 Å². The maximum atomic E-state index is 11.2. The van der Waals surface area contributed by atoms with Crippen LogP contribution in [0.5, 0.6) is 5.88 Å². The molecule has 0 aliphatic rings. The lowest BCUT2D eigenvalue weighted by Gasteiger charge is -2.20. The summed E-state index contributed by atoms with van der Waals surface area (Å²) in [4.78, 5) is 33.4. The number of nitrogens with zero attached hydrogens (tertiary/aromatic N) is 2. The van der Waals surface area contributed by atoms with E-state index in [1.54, 1.807) is 11.3 Å². The molecule has 0 N–H and O–H groups in total. The minimum Gasteiger partial charge on any atom is -0.473 e. The first-order valence-corrected chi connectivity index (χ1v) is 14.8. The molecule has 4 rings (SSSR count). The molecular weight excluding hydrogens is 553 g/mol. The molecule has 4 aromatic rings. The van der Waals surface area contributed by atoms with Gasteiger partial charge in [0.05, 0.1) is 32.8 Å². The Hall–Kier alpha value is -3.10. The van der Waals surface area contributed by atoms with Crippen molar-refractivity contribution in [1.82, 2.24) is 9.97 Å². The molecule has 0 saturated carbocycles. The van der Waals surface area contributed by atoms with Gasteiger partial charge < -0.3 is 9.47 Å². The summed E-state index contributed by atoms with van der Waals surface area (Å²) < 4.78 is 10.9. The third-order valence-corrected chi connectivity index (χ3v) is 6.57. The van der Waals surface area contributed by atoms with Crippen molar-refractivity contribution < 1.29 is 19.1 Å². The fourth-order valence-electron chi connectivity index (χ4n) is 2.99. The number of ketones is 1. The number of benzene rings is 1. The average Bonchev–Trinajstić information content (AvgIpc) is 3.57. The highest BCUT2D eigenvalue weighted by atomic mass is 32.1. The molecule has 0 bridgehead atoms. The lowest BCUT2D eigenvalue weighted by molar-refractivity contribution is -0.158. The highest BCUT2D eigenvalue weighted by Crippen LogP contribution is 2.32. The highest BCUT2D eigenvalue weighted by Gasteiger charge is 2.18. The SMILES string of the molecule is C.C.CC(C)C(=O)OC(C)(C)C.CC(C)C(=O)c1cccs1.CC(C)Oc1nc2ccccc2nc1-c1cccs1. The fraction of sp³-hybridized carbons (Fsp3) is 0.455. The predicted octanol–water partition coefficient (Wildman–Crippen LogP) is 9.99. The Morgan fingerprint density at radius 2 is 1.32 bits per heavy atom. The lowest BCUT2D eigenvalue weighted by atomic mass is 10.1. The molecule has 0 spiro atoms. The molecule has 0 fully saturated rings. The van der Waals surface area contributed by atoms with E-state index in [-0.39, 0.29) is 50.1 Å². The van der Waals surface area contributed by atoms with Gasteiger partial charge in [0, 0.05) is 5.92 Å². The smallest absolute Gasteiger partial charge is 0.308 e. The third-order valence-electron chi connectivity index (χ3n) is 4.81. The van der Waals surface area contributed by atoms with Crippen molar-refractivity contribution in [3.05, 3.63) is 64.2 Å². The monoisotopic (exact) mass is 600 g/mol. The van der Waals surface area contributed by atoms with Crippen molar-refractivity contribution in [2.45, 2.75) is 88.9 Å². The second kappa shape index (κ2) is 17.7. The van der Waals surface area contributed by atoms with Crippen molar-refractivity contribution in [3.8, 4) is 16.5 Å². The van der Waals surface area contributed by atoms with Crippen LogP contribution in [0.1, 0.15) is 86.8 Å². The van der Waals surface area contributed by atoms with Crippen LogP contribution in [0.25, 0.3) is 21.6 Å². The Balaban J connectivity index is 0.000000627. The molecule has 0 aliphatic heterocycles. The number of thiophene rings is 2. The first-order valence-electron chi connectivity index (χ1n) is 13.1. The zero-order chi connectivity index (χ0) is 29.2. The Labute approximate surface area is 255 Å². The van der Waals surface area contributed by atoms with Gasteiger partial charge in [0.15, 0.2) is 5.78 Å². The van der Waals surface area contributed by atoms with Crippen LogP contribution in [0.4, 0.5) is 0 Å². The van der Waals surface area contributed by atoms with Crippen LogP contribution in [0, 0.1) is 11.8 Å². The third kappa shape index (κ3) is 13.0. The lowest BCUT2D eigenvalue weighted by Crippen LogP contribution is -2.26. The van der Waals surface area contributed by atoms with E-state index in [2.05, 4.69) is 4.98 Å². The molecule has 0 unspecified atom stereocenters. The summed E-state index contributed by atoms with van der Waals surface area (Å²) in [6.07, 6.45) is 0.0779. The molecule has 0 saturated heterocycles. The van der Waals surface area contributed by atoms with Crippen molar-refractivity contribution >= 4 is 45.5 Å². The Morgan fingerprint density at radius 1 is 0.756 bits per heavy atom. The summed E-state index contributed by atoms with van der Waals surface area (Å²) in [7, 11) is 0. The van der Waals surface area contributed by atoms with Crippen LogP contribution in [0.3, 0.4) is 0 Å². The quantitative estimate of drug-likeness (QED) is 0.162. The molecule has 226 valence electrons. The van der Waals surface area contributed by atoms with E-state index in [1.807, 2.05) is 122 Å². The van der Waals surface area contributed by atoms with E-state index in [1.165, 1.54) is 11.3 Å². The predicted molar refractivity (Wildman–Crippen MR) is 176 cm³/mol. The molecule has 6 nitrogen and oxygen atoms in total. The molecule has 0 aliphatic carbocycles. The molecule has 1 aromatic carbocycles. The summed E-state index contributed by atoms with van der Waals surface area (Å²) in [5, 5.41) is 3.96. The number of carbonyl (C=O) groups is 2. The zero-order valence-electron chi connectivity index (χ0n) is 24.3. The standard InChI is InChI=1S/C15H14N2OS.C8H16O2.C8H10OS.2CH4/c1-10(2)18-15-14(13-8-5-9-19-13)16-11-6-3-4-7-12(11)17-15;1-6(2)7(9)10-8(3,4)5;1-6(2)8(9)7-4-3-5-10-7;;/h3-10H,1-2H3;6H,1-5H3;3-6H,1-2H3;2*1H4. The Kier molecular flexibility index (Phi) is 16.3. The number of carbonyl (C=O) groups excluding carboxylic acids is 2. The number of hydrogen-bond donors (Lipinski definition) is 0. The average molecular weight is 601 g/mol. The van der Waals surface area contributed by atoms with Gasteiger partial charge >= 0.3 is 5.97 Å². The van der Waals surface area contributed by atoms with Crippen molar-refractivity contribution in [1.29, 1.82) is 0 Å². The minimum atomic E-state index is -0.346. The topological polar surface area (TPSA) is 78.4 Å². The second-order valence-electron chi connectivity index (χ2n) is 10.7. The van der Waals surface area contributed by atoms with Gasteiger partial charge in [-0.3, -0.25) is 9.59 Å². The van der Waals surface area contributed by atoms with Crippen molar-refractivity contribution in [2.75, 3.05) is 0 Å². The van der Waals surface area contributed by atoms with E-state index >= 15 is 0 Å². The van der Waals surface area contributed by atoms with Gasteiger partial charge in [0.1, 0.15) is 11.3 Å². The van der Waals surface area contributed by atoms with Gasteiger partial charge in [-0.05, 0) is 69.6 Å². The summed E-state index contributed by atoms with van der Waals surface area (Å²) >= 11 is 3.15. The maximum Gasteiger partial charge on any atom is 0.308 e. The van der Waals surface area contributed by atoms with Gasteiger partial charge in [-0.1, -0.05) is 66.8 Å². The fourth-order valence-corrected chi connectivity index (χ4v) is 4.50. The number of para-hydroxylation sites is 2. The summed E-state index contributed by atoms with van der Waals surface area (Å²) in [6.45, 7) is 17.1. The van der Waals surface area contributed by atoms with Gasteiger partial charge in [0.25, 0.3) is 0 Å². The molecule has 3 heterocycles. The highest BCUT2D eigenvalue weighted by molar-refractivity contribution is 7.13. The second-order valence-corrected chi connectivity index (χ2v) is 12.6. The number of ether oxygens (including phenoxy) is 2. The number of rotatable bonds is 6. The minimum absolute atomic E-state index is 0. The largest absolute Gasteiger partial charge is 0.473 e. The number of aromatic nitrogens is 2. The summed E-state index contributed by atoms with van der Waals surface area (Å²) in [6, 6.07) is 15.7. The Bertz CT molecular complexity index is 1310. The summed E-state index contributed by atoms with van der Waals surface area (Å²) in [5.41, 5.74) is 2.23. The van der Waals surface area contributed by atoms with Crippen LogP contribution in [-0.2, 0) is 9.53 Å². The van der Waals surface area contributed by atoms with E-state index in [4.69, 9.17) is 14.5 Å². The van der Waals surface area contributed by atoms with Crippen molar-refractivity contribution in [2.24, 2.45) is 11.8 Å². The molecule has 3 aromatic heterocycles. The molecule has 0 atom stereocenters. The first-order chi connectivity index (χ1) is 18.3. The van der Waals surface area contributed by atoms with Gasteiger partial charge in [-0.25, -0.2) is 9.97 Å². The summed E-state index contributed by atoms with van der Waals surface area (Å²) in [5.74, 6) is 0.816. The van der Waals surface area contributed by atoms with Gasteiger partial charge in [-0.2, -0.15) is 0 Å². The number of fused-ring (bicyclic) bond motifs is 1. The normalized spacial score (nSPS) is 10.5. The molecule has 41 heavy (non-hydrogen) atoms. The van der Waals surface area contributed by atoms with Crippen LogP contribution in [0.15, 0.2) is 59.3 Å². The number of Topliss-reactive ketones (excluding diaryl/α,β-unsaturated/α-hetero) is 1. The van der Waals surface area contributed by atoms with Crippen LogP contribution >= 0.6 is 22.7 Å². The number of esters is 1. The molecule has 0 amide bonds. The van der Waals surface area contributed by atoms with E-state index in [0.29, 0.717) is 5.88 Å². The molecular formula is C33H48N2O4S2. The zero-order valence-corrected chi connectivity index (χ0v) is 26.0.